The van der Waals surface area contributed by atoms with Crippen molar-refractivity contribution in [2.24, 2.45) is 0 Å². The molecule has 21 heavy (non-hydrogen) atoms. The van der Waals surface area contributed by atoms with Gasteiger partial charge in [0.2, 0.25) is 0 Å². The van der Waals surface area contributed by atoms with Gasteiger partial charge in [-0.3, -0.25) is 4.79 Å². The second-order valence-electron chi connectivity index (χ2n) is 4.75. The second-order valence-corrected chi connectivity index (χ2v) is 6.32. The van der Waals surface area contributed by atoms with Crippen LogP contribution in [0.15, 0.2) is 48.5 Å². The molecule has 0 radical (unpaired) electrons. The molecule has 1 amide bonds. The zero-order valence-electron chi connectivity index (χ0n) is 11.9. The molecule has 0 heterocycles. The Kier molecular flexibility index (Phi) is 6.06. The smallest absolute Gasteiger partial charge is 0.253 e. The molecule has 2 aromatic rings. The van der Waals surface area contributed by atoms with E-state index < -0.39 is 0 Å². The van der Waals surface area contributed by atoms with Crippen LogP contribution in [0.4, 0.5) is 0 Å². The quantitative estimate of drug-likeness (QED) is 0.654. The van der Waals surface area contributed by atoms with Crippen LogP contribution in [0, 0.1) is 3.57 Å². The maximum absolute atomic E-state index is 12.5. The maximum Gasteiger partial charge on any atom is 0.253 e. The van der Waals surface area contributed by atoms with Gasteiger partial charge in [-0.05, 0) is 59.7 Å². The Morgan fingerprint density at radius 1 is 1.19 bits per heavy atom. The van der Waals surface area contributed by atoms with E-state index in [1.165, 1.54) is 5.56 Å². The van der Waals surface area contributed by atoms with Gasteiger partial charge in [0, 0.05) is 22.2 Å². The van der Waals surface area contributed by atoms with Crippen LogP contribution in [0.3, 0.4) is 0 Å². The van der Waals surface area contributed by atoms with Crippen molar-refractivity contribution in [3.8, 4) is 0 Å². The number of carbonyl (C=O) groups excluding carboxylic acids is 1. The Balaban J connectivity index is 2.06. The first kappa shape index (κ1) is 16.3. The average molecular weight is 414 g/mol. The van der Waals surface area contributed by atoms with Gasteiger partial charge in [0.25, 0.3) is 5.91 Å². The summed E-state index contributed by atoms with van der Waals surface area (Å²) in [5.41, 5.74) is 1.89. The number of nitrogens with zero attached hydrogens (tertiary/aromatic N) is 1. The van der Waals surface area contributed by atoms with E-state index in [1.54, 1.807) is 6.07 Å². The molecule has 0 aliphatic heterocycles. The zero-order chi connectivity index (χ0) is 15.2. The Morgan fingerprint density at radius 3 is 2.52 bits per heavy atom. The summed E-state index contributed by atoms with van der Waals surface area (Å²) in [7, 11) is 0. The molecule has 0 saturated carbocycles. The number of hydrogen-bond donors (Lipinski definition) is 0. The summed E-state index contributed by atoms with van der Waals surface area (Å²) in [5.74, 6) is 0.0340. The molecule has 2 aromatic carbocycles. The van der Waals surface area contributed by atoms with Gasteiger partial charge in [-0.25, -0.2) is 0 Å². The van der Waals surface area contributed by atoms with Gasteiger partial charge in [-0.2, -0.15) is 0 Å². The van der Waals surface area contributed by atoms with E-state index in [0.29, 0.717) is 23.7 Å². The minimum atomic E-state index is 0.0340. The third kappa shape index (κ3) is 4.45. The summed E-state index contributed by atoms with van der Waals surface area (Å²) in [6, 6.07) is 15.7. The van der Waals surface area contributed by atoms with Crippen molar-refractivity contribution < 1.29 is 4.79 Å². The fourth-order valence-corrected chi connectivity index (χ4v) is 2.64. The van der Waals surface area contributed by atoms with Crippen LogP contribution in [0.25, 0.3) is 0 Å². The van der Waals surface area contributed by atoms with Gasteiger partial charge in [0.15, 0.2) is 0 Å². The summed E-state index contributed by atoms with van der Waals surface area (Å²) in [5, 5.41) is 0.626. The van der Waals surface area contributed by atoms with Crippen molar-refractivity contribution in [3.63, 3.8) is 0 Å². The first-order valence-corrected chi connectivity index (χ1v) is 8.35. The summed E-state index contributed by atoms with van der Waals surface area (Å²) in [6.07, 6.45) is 0.860. The highest BCUT2D eigenvalue weighted by atomic mass is 127. The largest absolute Gasteiger partial charge is 0.339 e. The van der Waals surface area contributed by atoms with Crippen molar-refractivity contribution >= 4 is 40.1 Å². The highest BCUT2D eigenvalue weighted by Gasteiger charge is 2.15. The van der Waals surface area contributed by atoms with Crippen molar-refractivity contribution in [1.29, 1.82) is 0 Å². The summed E-state index contributed by atoms with van der Waals surface area (Å²) in [4.78, 5) is 14.4. The Bertz CT molecular complexity index is 615. The molecule has 4 heteroatoms. The lowest BCUT2D eigenvalue weighted by molar-refractivity contribution is 0.0766. The van der Waals surface area contributed by atoms with Crippen molar-refractivity contribution in [1.82, 2.24) is 4.90 Å². The van der Waals surface area contributed by atoms with E-state index >= 15 is 0 Å². The third-order valence-corrected chi connectivity index (χ3v) is 4.92. The van der Waals surface area contributed by atoms with Crippen LogP contribution in [-0.2, 0) is 6.42 Å². The molecule has 0 aromatic heterocycles. The van der Waals surface area contributed by atoms with Crippen LogP contribution in [-0.4, -0.2) is 23.9 Å². The molecule has 0 atom stereocenters. The van der Waals surface area contributed by atoms with Gasteiger partial charge >= 0.3 is 0 Å². The second kappa shape index (κ2) is 7.80. The number of hydrogen-bond acceptors (Lipinski definition) is 1. The maximum atomic E-state index is 12.5. The van der Waals surface area contributed by atoms with Gasteiger partial charge < -0.3 is 4.90 Å². The van der Waals surface area contributed by atoms with E-state index in [9.17, 15) is 4.79 Å². The Hall–Kier alpha value is -1.07. The normalized spacial score (nSPS) is 10.4. The first-order chi connectivity index (χ1) is 10.1. The molecule has 110 valence electrons. The highest BCUT2D eigenvalue weighted by molar-refractivity contribution is 14.1. The Morgan fingerprint density at radius 2 is 1.90 bits per heavy atom. The van der Waals surface area contributed by atoms with Gasteiger partial charge in [-0.1, -0.05) is 41.9 Å². The van der Waals surface area contributed by atoms with Crippen LogP contribution in [0.5, 0.6) is 0 Å². The van der Waals surface area contributed by atoms with Crippen molar-refractivity contribution in [2.45, 2.75) is 13.3 Å². The summed E-state index contributed by atoms with van der Waals surface area (Å²) >= 11 is 8.26. The fourth-order valence-electron chi connectivity index (χ4n) is 2.12. The molecule has 0 N–H and O–H groups in total. The molecule has 0 bridgehead atoms. The number of amides is 1. The van der Waals surface area contributed by atoms with E-state index in [0.717, 1.165) is 9.99 Å². The van der Waals surface area contributed by atoms with E-state index in [1.807, 2.05) is 42.2 Å². The predicted octanol–water partition coefficient (Wildman–Crippen LogP) is 4.65. The number of halogens is 2. The van der Waals surface area contributed by atoms with Crippen molar-refractivity contribution in [3.05, 3.63) is 68.3 Å². The average Bonchev–Trinajstić information content (AvgIpc) is 2.51. The highest BCUT2D eigenvalue weighted by Crippen LogP contribution is 2.20. The molecule has 0 fully saturated rings. The molecule has 2 rings (SSSR count). The topological polar surface area (TPSA) is 20.3 Å². The fraction of sp³-hybridized carbons (Fsp3) is 0.235. The molecule has 0 aliphatic carbocycles. The SMILES string of the molecule is CCN(CCc1ccccc1)C(=O)c1ccc(I)c(Cl)c1. The number of carbonyl (C=O) groups is 1. The monoisotopic (exact) mass is 413 g/mol. The number of benzene rings is 2. The lowest BCUT2D eigenvalue weighted by Crippen LogP contribution is -2.32. The molecule has 0 spiro atoms. The van der Waals surface area contributed by atoms with Gasteiger partial charge in [-0.15, -0.1) is 0 Å². The molecular weight excluding hydrogens is 397 g/mol. The standard InChI is InChI=1S/C17H17ClINO/c1-2-20(11-10-13-6-4-3-5-7-13)17(21)14-8-9-16(19)15(18)12-14/h3-9,12H,2,10-11H2,1H3. The van der Waals surface area contributed by atoms with E-state index in [2.05, 4.69) is 34.7 Å². The summed E-state index contributed by atoms with van der Waals surface area (Å²) < 4.78 is 0.957. The van der Waals surface area contributed by atoms with Crippen molar-refractivity contribution in [2.75, 3.05) is 13.1 Å². The predicted molar refractivity (Wildman–Crippen MR) is 95.9 cm³/mol. The van der Waals surface area contributed by atoms with Crippen LogP contribution >= 0.6 is 34.2 Å². The van der Waals surface area contributed by atoms with Crippen LogP contribution < -0.4 is 0 Å². The molecule has 2 nitrogen and oxygen atoms in total. The lowest BCUT2D eigenvalue weighted by Gasteiger charge is -2.21. The van der Waals surface area contributed by atoms with Gasteiger partial charge in [0.05, 0.1) is 5.02 Å². The first-order valence-electron chi connectivity index (χ1n) is 6.90. The van der Waals surface area contributed by atoms with Crippen LogP contribution in [0.2, 0.25) is 5.02 Å². The molecule has 0 unspecified atom stereocenters. The van der Waals surface area contributed by atoms with Crippen LogP contribution in [0.1, 0.15) is 22.8 Å². The lowest BCUT2D eigenvalue weighted by atomic mass is 10.1. The summed E-state index contributed by atoms with van der Waals surface area (Å²) in [6.45, 7) is 3.40. The van der Waals surface area contributed by atoms with E-state index in [4.69, 9.17) is 11.6 Å². The third-order valence-electron chi connectivity index (χ3n) is 3.35. The number of likely N-dealkylation sites (N-methyl/N-ethyl adjacent to an activating group) is 1. The van der Waals surface area contributed by atoms with E-state index in [-0.39, 0.29) is 5.91 Å². The van der Waals surface area contributed by atoms with Gasteiger partial charge in [0.1, 0.15) is 0 Å². The Labute approximate surface area is 144 Å². The minimum Gasteiger partial charge on any atom is -0.339 e. The molecule has 0 saturated heterocycles. The minimum absolute atomic E-state index is 0.0340. The number of rotatable bonds is 5. The zero-order valence-corrected chi connectivity index (χ0v) is 14.8. The molecule has 0 aliphatic rings. The molecular formula is C17H17ClINO.